The molecule has 2 heterocycles. The second-order valence-electron chi connectivity index (χ2n) is 6.64. The lowest BCUT2D eigenvalue weighted by molar-refractivity contribution is -0.130. The Morgan fingerprint density at radius 2 is 1.86 bits per heavy atom. The van der Waals surface area contributed by atoms with Crippen LogP contribution in [0.4, 0.5) is 0 Å². The first kappa shape index (κ1) is 18.3. The van der Waals surface area contributed by atoms with Crippen LogP contribution >= 0.6 is 11.6 Å². The molecule has 0 radical (unpaired) electrons. The lowest BCUT2D eigenvalue weighted by atomic mass is 10.2. The van der Waals surface area contributed by atoms with E-state index in [1.807, 2.05) is 54.6 Å². The molecule has 1 aliphatic rings. The van der Waals surface area contributed by atoms with Gasteiger partial charge in [0.1, 0.15) is 5.76 Å². The average Bonchev–Trinajstić information content (AvgIpc) is 3.32. The van der Waals surface area contributed by atoms with E-state index in [-0.39, 0.29) is 18.6 Å². The number of benzene rings is 2. The predicted octanol–water partition coefficient (Wildman–Crippen LogP) is 4.45. The minimum atomic E-state index is -0.369. The number of furan rings is 1. The first-order valence-electron chi connectivity index (χ1n) is 8.97. The summed E-state index contributed by atoms with van der Waals surface area (Å²) in [6, 6.07) is 21.1. The third-order valence-corrected chi connectivity index (χ3v) is 4.92. The number of carbonyl (C=O) groups is 1. The highest BCUT2D eigenvalue weighted by molar-refractivity contribution is 6.30. The van der Waals surface area contributed by atoms with E-state index < -0.39 is 0 Å². The zero-order valence-electron chi connectivity index (χ0n) is 15.2. The highest BCUT2D eigenvalue weighted by Crippen LogP contribution is 2.32. The first-order chi connectivity index (χ1) is 13.6. The predicted molar refractivity (Wildman–Crippen MR) is 109 cm³/mol. The highest BCUT2D eigenvalue weighted by atomic mass is 35.5. The number of hydrogen-bond acceptors (Lipinski definition) is 4. The average molecular weight is 394 g/mol. The maximum Gasteiger partial charge on any atom is 0.257 e. The second-order valence-corrected chi connectivity index (χ2v) is 7.08. The van der Waals surface area contributed by atoms with Crippen LogP contribution in [0.3, 0.4) is 0 Å². The van der Waals surface area contributed by atoms with Crippen molar-refractivity contribution in [2.24, 2.45) is 0 Å². The Bertz CT molecular complexity index is 955. The van der Waals surface area contributed by atoms with Gasteiger partial charge in [0.15, 0.2) is 6.17 Å². The molecule has 0 unspecified atom stereocenters. The highest BCUT2D eigenvalue weighted by Gasteiger charge is 2.41. The molecule has 0 spiro atoms. The summed E-state index contributed by atoms with van der Waals surface area (Å²) in [7, 11) is 0. The van der Waals surface area contributed by atoms with Crippen molar-refractivity contribution in [1.29, 1.82) is 0 Å². The molecule has 1 amide bonds. The quantitative estimate of drug-likeness (QED) is 0.672. The van der Waals surface area contributed by atoms with Gasteiger partial charge in [-0.2, -0.15) is 0 Å². The van der Waals surface area contributed by atoms with Gasteiger partial charge in [-0.3, -0.25) is 15.1 Å². The first-order valence-corrected chi connectivity index (χ1v) is 9.34. The van der Waals surface area contributed by atoms with Gasteiger partial charge in [0.25, 0.3) is 5.91 Å². The molecule has 0 bridgehead atoms. The van der Waals surface area contributed by atoms with Gasteiger partial charge in [-0.15, -0.1) is 0 Å². The van der Waals surface area contributed by atoms with Crippen LogP contribution < -0.4 is 5.43 Å². The van der Waals surface area contributed by atoms with Crippen LogP contribution in [0.25, 0.3) is 5.70 Å². The van der Waals surface area contributed by atoms with Crippen LogP contribution in [0.1, 0.15) is 23.1 Å². The summed E-state index contributed by atoms with van der Waals surface area (Å²) in [5.41, 5.74) is 5.77. The topological polar surface area (TPSA) is 48.7 Å². The standard InChI is InChI=1S/C22H20ClN3O2/c1-16(18-9-11-19(23)12-10-18)24-26-21(27)15-25(14-17-6-3-2-4-7-17)22(26)20-8-5-13-28-20/h2-13,22,24H,1,14-15H2/t22-/m0/s1. The summed E-state index contributed by atoms with van der Waals surface area (Å²) >= 11 is 5.96. The molecule has 3 aromatic rings. The fourth-order valence-corrected chi connectivity index (χ4v) is 3.45. The minimum Gasteiger partial charge on any atom is -0.466 e. The van der Waals surface area contributed by atoms with E-state index in [2.05, 4.69) is 16.9 Å². The van der Waals surface area contributed by atoms with Crippen LogP contribution in [0.2, 0.25) is 5.02 Å². The summed E-state index contributed by atoms with van der Waals surface area (Å²) in [6.07, 6.45) is 1.25. The molecule has 1 atom stereocenters. The van der Waals surface area contributed by atoms with E-state index in [1.54, 1.807) is 23.4 Å². The summed E-state index contributed by atoms with van der Waals surface area (Å²) in [6.45, 7) is 4.99. The molecule has 2 aromatic carbocycles. The third kappa shape index (κ3) is 3.81. The number of nitrogens with one attached hydrogen (secondary N) is 1. The normalized spacial score (nSPS) is 17.1. The Kier molecular flexibility index (Phi) is 5.19. The van der Waals surface area contributed by atoms with Crippen molar-refractivity contribution in [1.82, 2.24) is 15.3 Å². The molecule has 28 heavy (non-hydrogen) atoms. The Morgan fingerprint density at radius 3 is 2.54 bits per heavy atom. The lowest BCUT2D eigenvalue weighted by Crippen LogP contribution is -2.41. The fourth-order valence-electron chi connectivity index (χ4n) is 3.33. The van der Waals surface area contributed by atoms with Gasteiger partial charge in [0.2, 0.25) is 0 Å². The number of rotatable bonds is 6. The van der Waals surface area contributed by atoms with Gasteiger partial charge in [-0.1, -0.05) is 60.6 Å². The second kappa shape index (κ2) is 7.92. The summed E-state index contributed by atoms with van der Waals surface area (Å²) in [5.74, 6) is 0.644. The SMILES string of the molecule is C=C(NN1C(=O)CN(Cc2ccccc2)[C@@H]1c1ccco1)c1ccc(Cl)cc1. The molecule has 4 rings (SSSR count). The fraction of sp³-hybridized carbons (Fsp3) is 0.136. The maximum atomic E-state index is 12.8. The van der Waals surface area contributed by atoms with Crippen molar-refractivity contribution in [3.63, 3.8) is 0 Å². The van der Waals surface area contributed by atoms with Crippen molar-refractivity contribution in [2.75, 3.05) is 6.54 Å². The van der Waals surface area contributed by atoms with Crippen LogP contribution in [0.15, 0.2) is 84.0 Å². The van der Waals surface area contributed by atoms with E-state index in [0.29, 0.717) is 23.0 Å². The van der Waals surface area contributed by atoms with E-state index >= 15 is 0 Å². The van der Waals surface area contributed by atoms with Crippen molar-refractivity contribution in [3.8, 4) is 0 Å². The number of hydrazine groups is 1. The van der Waals surface area contributed by atoms with Gasteiger partial charge in [-0.25, -0.2) is 5.01 Å². The van der Waals surface area contributed by atoms with Gasteiger partial charge >= 0.3 is 0 Å². The molecule has 0 saturated carbocycles. The summed E-state index contributed by atoms with van der Waals surface area (Å²) in [4.78, 5) is 14.9. The molecular formula is C22H20ClN3O2. The van der Waals surface area contributed by atoms with Crippen molar-refractivity contribution in [2.45, 2.75) is 12.7 Å². The van der Waals surface area contributed by atoms with Crippen molar-refractivity contribution >= 4 is 23.2 Å². The number of hydrogen-bond donors (Lipinski definition) is 1. The summed E-state index contributed by atoms with van der Waals surface area (Å²) in [5, 5.41) is 2.23. The van der Waals surface area contributed by atoms with E-state index in [9.17, 15) is 4.79 Å². The molecule has 1 N–H and O–H groups in total. The molecule has 6 heteroatoms. The molecule has 5 nitrogen and oxygen atoms in total. The Morgan fingerprint density at radius 1 is 1.11 bits per heavy atom. The molecule has 1 aromatic heterocycles. The van der Waals surface area contributed by atoms with Crippen LogP contribution in [0, 0.1) is 0 Å². The van der Waals surface area contributed by atoms with Gasteiger partial charge < -0.3 is 4.42 Å². The zero-order valence-corrected chi connectivity index (χ0v) is 16.0. The molecule has 1 fully saturated rings. The molecule has 1 saturated heterocycles. The number of halogens is 1. The van der Waals surface area contributed by atoms with Crippen LogP contribution in [0.5, 0.6) is 0 Å². The monoisotopic (exact) mass is 393 g/mol. The largest absolute Gasteiger partial charge is 0.466 e. The minimum absolute atomic E-state index is 0.0487. The van der Waals surface area contributed by atoms with Crippen molar-refractivity contribution in [3.05, 3.63) is 101 Å². The lowest BCUT2D eigenvalue weighted by Gasteiger charge is -2.29. The Balaban J connectivity index is 1.59. The number of nitrogens with zero attached hydrogens (tertiary/aromatic N) is 2. The third-order valence-electron chi connectivity index (χ3n) is 4.67. The van der Waals surface area contributed by atoms with Gasteiger partial charge in [0, 0.05) is 11.6 Å². The number of amides is 1. The molecule has 142 valence electrons. The van der Waals surface area contributed by atoms with Crippen LogP contribution in [-0.2, 0) is 11.3 Å². The summed E-state index contributed by atoms with van der Waals surface area (Å²) < 4.78 is 5.64. The number of carbonyl (C=O) groups excluding carboxylic acids is 1. The Labute approximate surface area is 168 Å². The van der Waals surface area contributed by atoms with Gasteiger partial charge in [0.05, 0.1) is 18.5 Å². The van der Waals surface area contributed by atoms with E-state index in [0.717, 1.165) is 11.1 Å². The maximum absolute atomic E-state index is 12.8. The Hall–Kier alpha value is -3.02. The van der Waals surface area contributed by atoms with E-state index in [4.69, 9.17) is 16.0 Å². The van der Waals surface area contributed by atoms with E-state index in [1.165, 1.54) is 0 Å². The van der Waals surface area contributed by atoms with Gasteiger partial charge in [-0.05, 0) is 35.4 Å². The molecule has 1 aliphatic heterocycles. The van der Waals surface area contributed by atoms with Crippen molar-refractivity contribution < 1.29 is 9.21 Å². The molecule has 0 aliphatic carbocycles. The smallest absolute Gasteiger partial charge is 0.257 e. The zero-order chi connectivity index (χ0) is 19.5. The van der Waals surface area contributed by atoms with Crippen LogP contribution in [-0.4, -0.2) is 22.4 Å². The molecular weight excluding hydrogens is 374 g/mol.